The number of rotatable bonds is 9. The number of alkyl halides is 3. The maximum atomic E-state index is 13.3. The van der Waals surface area contributed by atoms with E-state index in [0.29, 0.717) is 48.8 Å². The molecule has 1 saturated heterocycles. The topological polar surface area (TPSA) is 101 Å². The summed E-state index contributed by atoms with van der Waals surface area (Å²) in [7, 11) is 0. The van der Waals surface area contributed by atoms with Crippen LogP contribution in [0.1, 0.15) is 46.5 Å². The molecule has 2 heterocycles. The van der Waals surface area contributed by atoms with Crippen molar-refractivity contribution in [1.82, 2.24) is 15.2 Å². The van der Waals surface area contributed by atoms with Gasteiger partial charge in [0.15, 0.2) is 0 Å². The van der Waals surface area contributed by atoms with Crippen LogP contribution < -0.4 is 20.7 Å². The minimum Gasteiger partial charge on any atom is -0.493 e. The summed E-state index contributed by atoms with van der Waals surface area (Å²) >= 11 is 6.11. The van der Waals surface area contributed by atoms with Crippen molar-refractivity contribution < 1.29 is 27.5 Å². The maximum absolute atomic E-state index is 13.3. The van der Waals surface area contributed by atoms with Crippen LogP contribution >= 0.6 is 11.6 Å². The fourth-order valence-corrected chi connectivity index (χ4v) is 5.25. The molecule has 1 aromatic heterocycles. The number of hydrogen-bond acceptors (Lipinski definition) is 6. The Hall–Kier alpha value is -3.83. The first kappa shape index (κ1) is 31.1. The number of benzene rings is 2. The Morgan fingerprint density at radius 2 is 1.88 bits per heavy atom. The highest BCUT2D eigenvalue weighted by Crippen LogP contribution is 2.35. The third kappa shape index (κ3) is 6.79. The molecule has 4 rings (SSSR count). The average molecular weight is 604 g/mol. The highest BCUT2D eigenvalue weighted by molar-refractivity contribution is 6.33. The number of hydrogen-bond donors (Lipinski definition) is 2. The fraction of sp³-hybridized carbons (Fsp3) is 0.367. The maximum Gasteiger partial charge on any atom is 0.416 e. The Morgan fingerprint density at radius 1 is 1.12 bits per heavy atom. The van der Waals surface area contributed by atoms with Crippen LogP contribution in [0.5, 0.6) is 5.75 Å². The number of halogens is 4. The van der Waals surface area contributed by atoms with Gasteiger partial charge in [-0.1, -0.05) is 30.7 Å². The monoisotopic (exact) mass is 603 g/mol. The van der Waals surface area contributed by atoms with Gasteiger partial charge in [-0.15, -0.1) is 0 Å². The summed E-state index contributed by atoms with van der Waals surface area (Å²) in [4.78, 5) is 34.9. The summed E-state index contributed by atoms with van der Waals surface area (Å²) in [5.41, 5.74) is 7.05. The second-order valence-corrected chi connectivity index (χ2v) is 10.2. The Morgan fingerprint density at radius 3 is 2.55 bits per heavy atom. The van der Waals surface area contributed by atoms with Crippen molar-refractivity contribution in [2.45, 2.75) is 32.5 Å². The number of nitrogens with two attached hydrogens (primary N) is 1. The minimum absolute atomic E-state index is 0.00815. The number of carbonyl (C=O) groups is 2. The minimum atomic E-state index is -4.56. The fourth-order valence-electron chi connectivity index (χ4n) is 4.99. The lowest BCUT2D eigenvalue weighted by molar-refractivity contribution is -0.137. The first-order valence-electron chi connectivity index (χ1n) is 13.7. The van der Waals surface area contributed by atoms with Gasteiger partial charge in [0.2, 0.25) is 0 Å². The normalized spacial score (nSPS) is 15.5. The zero-order chi connectivity index (χ0) is 30.4. The van der Waals surface area contributed by atoms with Crippen molar-refractivity contribution >= 4 is 29.1 Å². The number of carbonyl (C=O) groups excluding carboxylic acids is 2. The van der Waals surface area contributed by atoms with Crippen molar-refractivity contribution in [2.24, 2.45) is 5.73 Å². The van der Waals surface area contributed by atoms with E-state index in [1.54, 1.807) is 17.2 Å². The van der Waals surface area contributed by atoms with Crippen LogP contribution in [-0.4, -0.2) is 67.1 Å². The third-order valence-electron chi connectivity index (χ3n) is 7.10. The Kier molecular flexibility index (Phi) is 9.95. The molecule has 1 aliphatic heterocycles. The van der Waals surface area contributed by atoms with Gasteiger partial charge in [-0.05, 0) is 49.7 Å². The van der Waals surface area contributed by atoms with Gasteiger partial charge < -0.3 is 25.6 Å². The van der Waals surface area contributed by atoms with Gasteiger partial charge in [0.05, 0.1) is 45.9 Å². The molecule has 2 amide bonds. The number of nitrogens with one attached hydrogen (secondary N) is 1. The van der Waals surface area contributed by atoms with E-state index in [4.69, 9.17) is 22.1 Å². The number of amides is 2. The second kappa shape index (κ2) is 13.4. The van der Waals surface area contributed by atoms with Gasteiger partial charge in [0.1, 0.15) is 5.75 Å². The molecule has 0 bridgehead atoms. The number of aromatic nitrogens is 1. The van der Waals surface area contributed by atoms with Gasteiger partial charge in [0.25, 0.3) is 11.8 Å². The van der Waals surface area contributed by atoms with Gasteiger partial charge in [-0.25, -0.2) is 0 Å². The first-order chi connectivity index (χ1) is 20.1. The van der Waals surface area contributed by atoms with E-state index in [9.17, 15) is 22.8 Å². The Balaban J connectivity index is 1.64. The summed E-state index contributed by atoms with van der Waals surface area (Å²) in [6.45, 7) is 5.81. The molecule has 0 aliphatic carbocycles. The van der Waals surface area contributed by atoms with Crippen molar-refractivity contribution in [1.29, 1.82) is 0 Å². The third-order valence-corrected chi connectivity index (χ3v) is 7.41. The zero-order valence-corrected chi connectivity index (χ0v) is 24.1. The highest BCUT2D eigenvalue weighted by atomic mass is 35.5. The number of nitrogens with zero attached hydrogens (tertiary/aromatic N) is 3. The number of pyridine rings is 1. The van der Waals surface area contributed by atoms with Gasteiger partial charge >= 0.3 is 6.18 Å². The molecule has 42 heavy (non-hydrogen) atoms. The highest BCUT2D eigenvalue weighted by Gasteiger charge is 2.34. The number of piperazine rings is 1. The Labute approximate surface area is 247 Å². The van der Waals surface area contributed by atoms with Crippen LogP contribution in [0.15, 0.2) is 54.7 Å². The SMILES string of the molecule is CCOc1ccccc1-c1cc(C(=O)NCCN)c(N2CCN(C(=O)c3ccc(C(F)(F)F)cc3Cl)C[C@H]2CC)cn1. The van der Waals surface area contributed by atoms with Crippen LogP contribution in [0.4, 0.5) is 18.9 Å². The van der Waals surface area contributed by atoms with Crippen molar-refractivity contribution in [3.05, 3.63) is 76.4 Å². The van der Waals surface area contributed by atoms with Crippen LogP contribution in [0.2, 0.25) is 5.02 Å². The molecule has 224 valence electrons. The number of para-hydroxylation sites is 1. The van der Waals surface area contributed by atoms with E-state index in [-0.39, 0.29) is 42.2 Å². The van der Waals surface area contributed by atoms with Crippen LogP contribution in [0, 0.1) is 0 Å². The lowest BCUT2D eigenvalue weighted by atomic mass is 10.0. The molecule has 1 fully saturated rings. The van der Waals surface area contributed by atoms with Crippen LogP contribution in [0.25, 0.3) is 11.3 Å². The summed E-state index contributed by atoms with van der Waals surface area (Å²) in [5.74, 6) is -0.110. The van der Waals surface area contributed by atoms with E-state index in [1.165, 1.54) is 0 Å². The second-order valence-electron chi connectivity index (χ2n) is 9.76. The van der Waals surface area contributed by atoms with E-state index >= 15 is 0 Å². The quantitative estimate of drug-likeness (QED) is 0.347. The molecular weight excluding hydrogens is 571 g/mol. The molecule has 3 N–H and O–H groups in total. The van der Waals surface area contributed by atoms with Gasteiger partial charge in [-0.2, -0.15) is 13.2 Å². The predicted molar refractivity (Wildman–Crippen MR) is 156 cm³/mol. The van der Waals surface area contributed by atoms with Crippen molar-refractivity contribution in [2.75, 3.05) is 44.2 Å². The van der Waals surface area contributed by atoms with E-state index < -0.39 is 17.6 Å². The smallest absolute Gasteiger partial charge is 0.416 e. The summed E-state index contributed by atoms with van der Waals surface area (Å²) < 4.78 is 45.0. The van der Waals surface area contributed by atoms with E-state index in [0.717, 1.165) is 23.8 Å². The van der Waals surface area contributed by atoms with Crippen molar-refractivity contribution in [3.8, 4) is 17.0 Å². The number of anilines is 1. The van der Waals surface area contributed by atoms with Crippen LogP contribution in [0.3, 0.4) is 0 Å². The molecular formula is C30H33ClF3N5O3. The molecule has 0 spiro atoms. The largest absolute Gasteiger partial charge is 0.493 e. The first-order valence-corrected chi connectivity index (χ1v) is 14.1. The lowest BCUT2D eigenvalue weighted by Crippen LogP contribution is -2.55. The van der Waals surface area contributed by atoms with E-state index in [1.807, 2.05) is 43.0 Å². The molecule has 8 nitrogen and oxygen atoms in total. The van der Waals surface area contributed by atoms with Crippen molar-refractivity contribution in [3.63, 3.8) is 0 Å². The Bertz CT molecular complexity index is 1440. The molecule has 0 unspecified atom stereocenters. The lowest BCUT2D eigenvalue weighted by Gasteiger charge is -2.43. The predicted octanol–water partition coefficient (Wildman–Crippen LogP) is 5.25. The molecule has 1 atom stereocenters. The zero-order valence-electron chi connectivity index (χ0n) is 23.4. The van der Waals surface area contributed by atoms with Gasteiger partial charge in [-0.3, -0.25) is 14.6 Å². The summed E-state index contributed by atoms with van der Waals surface area (Å²) in [6, 6.07) is 11.7. The molecule has 0 saturated carbocycles. The molecule has 12 heteroatoms. The standard InChI is InChI=1S/C30H33ClF3N5O3/c1-3-20-18-38(29(41)21-10-9-19(15-24(21)31)30(32,33)34)13-14-39(20)26-17-37-25(16-23(26)28(40)36-12-11-35)22-7-5-6-8-27(22)42-4-2/h5-10,15-17,20H,3-4,11-14,18,35H2,1-2H3,(H,36,40)/t20-/m1/s1. The number of ether oxygens (including phenoxy) is 1. The average Bonchev–Trinajstić information content (AvgIpc) is 2.99. The molecule has 3 aromatic rings. The molecule has 1 aliphatic rings. The van der Waals surface area contributed by atoms with Gasteiger partial charge in [0, 0.05) is 44.3 Å². The van der Waals surface area contributed by atoms with Crippen LogP contribution in [-0.2, 0) is 6.18 Å². The van der Waals surface area contributed by atoms with E-state index in [2.05, 4.69) is 10.3 Å². The summed E-state index contributed by atoms with van der Waals surface area (Å²) in [5, 5.41) is 2.59. The molecule has 2 aromatic carbocycles. The molecule has 0 radical (unpaired) electrons. The summed E-state index contributed by atoms with van der Waals surface area (Å²) in [6.07, 6.45) is -2.28.